The van der Waals surface area contributed by atoms with Crippen molar-refractivity contribution >= 4 is 16.6 Å². The van der Waals surface area contributed by atoms with Crippen molar-refractivity contribution in [3.63, 3.8) is 0 Å². The lowest BCUT2D eigenvalue weighted by Gasteiger charge is -2.47. The molecule has 1 saturated carbocycles. The summed E-state index contributed by atoms with van der Waals surface area (Å²) in [5.74, 6) is 0.624. The highest BCUT2D eigenvalue weighted by Gasteiger charge is 2.46. The van der Waals surface area contributed by atoms with Gasteiger partial charge >= 0.3 is 0 Å². The van der Waals surface area contributed by atoms with Gasteiger partial charge in [-0.3, -0.25) is 0 Å². The van der Waals surface area contributed by atoms with E-state index in [1.807, 2.05) is 0 Å². The molecule has 0 bridgehead atoms. The van der Waals surface area contributed by atoms with Crippen LogP contribution in [0, 0.1) is 5.92 Å². The van der Waals surface area contributed by atoms with Crippen LogP contribution in [0.1, 0.15) is 80.6 Å². The van der Waals surface area contributed by atoms with Gasteiger partial charge in [0.2, 0.25) is 0 Å². The Labute approximate surface area is 172 Å². The van der Waals surface area contributed by atoms with Crippen molar-refractivity contribution in [2.75, 3.05) is 0 Å². The molecule has 0 unspecified atom stereocenters. The molecule has 160 valence electrons. The van der Waals surface area contributed by atoms with Crippen molar-refractivity contribution in [2.24, 2.45) is 5.92 Å². The summed E-state index contributed by atoms with van der Waals surface area (Å²) in [5.41, 5.74) is 0. The molecule has 1 fully saturated rings. The van der Waals surface area contributed by atoms with Crippen molar-refractivity contribution in [1.29, 1.82) is 0 Å². The van der Waals surface area contributed by atoms with E-state index in [2.05, 4.69) is 86.8 Å². The average molecular weight is 413 g/mol. The fourth-order valence-electron chi connectivity index (χ4n) is 3.33. The zero-order valence-electron chi connectivity index (χ0n) is 20.2. The highest BCUT2D eigenvalue weighted by atomic mass is 28.4. The molecule has 4 heteroatoms. The van der Waals surface area contributed by atoms with Crippen LogP contribution < -0.4 is 0 Å². The van der Waals surface area contributed by atoms with Gasteiger partial charge in [-0.05, 0) is 61.9 Å². The van der Waals surface area contributed by atoms with Crippen LogP contribution >= 0.6 is 0 Å². The molecule has 27 heavy (non-hydrogen) atoms. The van der Waals surface area contributed by atoms with Crippen LogP contribution in [0.4, 0.5) is 0 Å². The summed E-state index contributed by atoms with van der Waals surface area (Å²) in [6, 6.07) is 0. The Hall–Kier alpha value is 0.0938. The minimum Gasteiger partial charge on any atom is -0.411 e. The van der Waals surface area contributed by atoms with E-state index in [1.165, 1.54) is 32.1 Å². The van der Waals surface area contributed by atoms with Gasteiger partial charge in [-0.1, -0.05) is 73.0 Å². The third kappa shape index (κ3) is 6.83. The molecular weight excluding hydrogens is 364 g/mol. The summed E-state index contributed by atoms with van der Waals surface area (Å²) < 4.78 is 14.1. The van der Waals surface area contributed by atoms with Crippen molar-refractivity contribution in [3.8, 4) is 0 Å². The van der Waals surface area contributed by atoms with Gasteiger partial charge in [0.05, 0.1) is 12.2 Å². The smallest absolute Gasteiger partial charge is 0.193 e. The van der Waals surface area contributed by atoms with Crippen molar-refractivity contribution in [2.45, 2.75) is 129 Å². The number of rotatable bonds is 7. The largest absolute Gasteiger partial charge is 0.411 e. The predicted octanol–water partition coefficient (Wildman–Crippen LogP) is 7.92. The van der Waals surface area contributed by atoms with Gasteiger partial charge in [0.1, 0.15) is 0 Å². The summed E-state index contributed by atoms with van der Waals surface area (Å²) in [6.45, 7) is 25.7. The Balaban J connectivity index is 3.22. The highest BCUT2D eigenvalue weighted by molar-refractivity contribution is 6.74. The molecule has 0 saturated heterocycles. The minimum absolute atomic E-state index is 0.0770. The summed E-state index contributed by atoms with van der Waals surface area (Å²) in [7, 11) is -3.73. The quantitative estimate of drug-likeness (QED) is 0.312. The third-order valence-electron chi connectivity index (χ3n) is 7.29. The van der Waals surface area contributed by atoms with Crippen LogP contribution in [0.3, 0.4) is 0 Å². The van der Waals surface area contributed by atoms with Gasteiger partial charge in [0.15, 0.2) is 16.6 Å². The summed E-state index contributed by atoms with van der Waals surface area (Å²) in [5, 5.41) is 0.429. The van der Waals surface area contributed by atoms with Crippen molar-refractivity contribution < 1.29 is 8.85 Å². The van der Waals surface area contributed by atoms with E-state index in [1.54, 1.807) is 0 Å². The topological polar surface area (TPSA) is 18.5 Å². The lowest BCUT2D eigenvalue weighted by atomic mass is 9.83. The van der Waals surface area contributed by atoms with Crippen LogP contribution in [0.2, 0.25) is 36.3 Å². The molecule has 0 radical (unpaired) electrons. The molecule has 0 aromatic carbocycles. The van der Waals surface area contributed by atoms with Crippen LogP contribution in [-0.4, -0.2) is 28.8 Å². The van der Waals surface area contributed by atoms with Crippen LogP contribution in [-0.2, 0) is 8.85 Å². The van der Waals surface area contributed by atoms with E-state index in [-0.39, 0.29) is 22.3 Å². The first-order valence-corrected chi connectivity index (χ1v) is 16.9. The van der Waals surface area contributed by atoms with E-state index in [4.69, 9.17) is 8.85 Å². The molecule has 0 N–H and O–H groups in total. The predicted molar refractivity (Wildman–Crippen MR) is 126 cm³/mol. The first kappa shape index (κ1) is 25.1. The third-order valence-corrected chi connectivity index (χ3v) is 16.2. The zero-order chi connectivity index (χ0) is 21.1. The Morgan fingerprint density at radius 3 is 1.63 bits per heavy atom. The summed E-state index contributed by atoms with van der Waals surface area (Å²) in [4.78, 5) is 0. The molecule has 1 aliphatic carbocycles. The van der Waals surface area contributed by atoms with Crippen LogP contribution in [0.15, 0.2) is 12.2 Å². The van der Waals surface area contributed by atoms with Crippen LogP contribution in [0.5, 0.6) is 0 Å². The van der Waals surface area contributed by atoms with Gasteiger partial charge < -0.3 is 8.85 Å². The summed E-state index contributed by atoms with van der Waals surface area (Å²) >= 11 is 0. The van der Waals surface area contributed by atoms with E-state index in [0.29, 0.717) is 5.92 Å². The second-order valence-electron chi connectivity index (χ2n) is 11.6. The maximum atomic E-state index is 7.10. The summed E-state index contributed by atoms with van der Waals surface area (Å²) in [6.07, 6.45) is 11.3. The van der Waals surface area contributed by atoms with Gasteiger partial charge in [0, 0.05) is 0 Å². The van der Waals surface area contributed by atoms with Gasteiger partial charge in [-0.2, -0.15) is 0 Å². The molecule has 2 atom stereocenters. The average Bonchev–Trinajstić information content (AvgIpc) is 2.51. The van der Waals surface area contributed by atoms with Gasteiger partial charge in [-0.15, -0.1) is 0 Å². The molecule has 0 heterocycles. The van der Waals surface area contributed by atoms with E-state index in [9.17, 15) is 0 Å². The number of allylic oxidation sites excluding steroid dienone is 1. The molecule has 0 amide bonds. The maximum absolute atomic E-state index is 7.10. The molecule has 0 aromatic rings. The highest BCUT2D eigenvalue weighted by Crippen LogP contribution is 2.43. The normalized spacial score (nSPS) is 20.9. The molecule has 0 spiro atoms. The Kier molecular flexibility index (Phi) is 8.63. The standard InChI is InChI=1S/C23H48O2Si2/c1-12-16-20(24-26(8,9)22(2,3)4)21(19-17-14-13-15-18-19)25-27(10,11)23(5,6)7/h12,16,19-21H,13-15,17-18H2,1-11H3/b16-12+/t20-,21-/m0/s1. The first-order valence-electron chi connectivity index (χ1n) is 11.1. The molecule has 1 rings (SSSR count). The second-order valence-corrected chi connectivity index (χ2v) is 21.1. The Bertz CT molecular complexity index is 478. The zero-order valence-corrected chi connectivity index (χ0v) is 22.2. The minimum atomic E-state index is -1.87. The lowest BCUT2D eigenvalue weighted by Crippen LogP contribution is -2.53. The van der Waals surface area contributed by atoms with Crippen LogP contribution in [0.25, 0.3) is 0 Å². The number of hydrogen-bond acceptors (Lipinski definition) is 2. The van der Waals surface area contributed by atoms with E-state index in [0.717, 1.165) is 0 Å². The van der Waals surface area contributed by atoms with E-state index >= 15 is 0 Å². The number of hydrogen-bond donors (Lipinski definition) is 0. The van der Waals surface area contributed by atoms with Gasteiger partial charge in [0.25, 0.3) is 0 Å². The molecule has 2 nitrogen and oxygen atoms in total. The first-order chi connectivity index (χ1) is 12.1. The molecular formula is C23H48O2Si2. The monoisotopic (exact) mass is 412 g/mol. The Morgan fingerprint density at radius 1 is 0.778 bits per heavy atom. The molecule has 0 aromatic heterocycles. The second kappa shape index (κ2) is 9.27. The van der Waals surface area contributed by atoms with Gasteiger partial charge in [-0.25, -0.2) is 0 Å². The van der Waals surface area contributed by atoms with Crippen molar-refractivity contribution in [3.05, 3.63) is 12.2 Å². The molecule has 0 aliphatic heterocycles. The Morgan fingerprint density at radius 2 is 1.22 bits per heavy atom. The SMILES string of the molecule is C/C=C/[C@H](O[Si](C)(C)C(C)(C)C)[C@@H](O[Si](C)(C)C(C)(C)C)C1CCCCC1. The van der Waals surface area contributed by atoms with Crippen molar-refractivity contribution in [1.82, 2.24) is 0 Å². The van der Waals surface area contributed by atoms with E-state index < -0.39 is 16.6 Å². The molecule has 1 aliphatic rings. The fraction of sp³-hybridized carbons (Fsp3) is 0.913. The lowest BCUT2D eigenvalue weighted by molar-refractivity contribution is 0.0106. The fourth-order valence-corrected chi connectivity index (χ4v) is 5.94. The maximum Gasteiger partial charge on any atom is 0.193 e.